The van der Waals surface area contributed by atoms with Gasteiger partial charge in [0, 0.05) is 25.7 Å². The third-order valence-electron chi connectivity index (χ3n) is 20.1. The minimum absolute atomic E-state index is 0.108. The lowest BCUT2D eigenvalue weighted by atomic mass is 9.99. The Morgan fingerprint density at radius 1 is 0.282 bits per heavy atom. The van der Waals surface area contributed by atoms with Crippen LogP contribution in [0.5, 0.6) is 0 Å². The van der Waals surface area contributed by atoms with E-state index in [1.807, 2.05) is 0 Å². The molecular weight excluding hydrogens is 1340 g/mol. The monoisotopic (exact) mass is 1510 g/mol. The molecule has 0 aliphatic heterocycles. The number of ether oxygens (including phenoxy) is 4. The molecule has 3 unspecified atom stereocenters. The van der Waals surface area contributed by atoms with E-state index in [1.165, 1.54) is 257 Å². The van der Waals surface area contributed by atoms with E-state index in [-0.39, 0.29) is 25.7 Å². The molecular formula is C84H164O17P2. The molecule has 0 aromatic heterocycles. The van der Waals surface area contributed by atoms with Crippen molar-refractivity contribution in [3.8, 4) is 0 Å². The molecule has 3 N–H and O–H groups in total. The van der Waals surface area contributed by atoms with Crippen LogP contribution < -0.4 is 0 Å². The molecule has 0 rings (SSSR count). The van der Waals surface area contributed by atoms with Gasteiger partial charge in [-0.15, -0.1) is 0 Å². The third-order valence-corrected chi connectivity index (χ3v) is 22.0. The van der Waals surface area contributed by atoms with Crippen LogP contribution in [0.3, 0.4) is 0 Å². The first-order valence-electron chi connectivity index (χ1n) is 43.5. The summed E-state index contributed by atoms with van der Waals surface area (Å²) >= 11 is 0. The van der Waals surface area contributed by atoms with Crippen LogP contribution >= 0.6 is 15.6 Å². The Labute approximate surface area is 632 Å². The van der Waals surface area contributed by atoms with Crippen molar-refractivity contribution in [1.29, 1.82) is 0 Å². The van der Waals surface area contributed by atoms with E-state index in [0.29, 0.717) is 25.7 Å². The molecule has 0 aliphatic carbocycles. The highest BCUT2D eigenvalue weighted by Gasteiger charge is 2.30. The Morgan fingerprint density at radius 2 is 0.495 bits per heavy atom. The van der Waals surface area contributed by atoms with Gasteiger partial charge in [0.1, 0.15) is 19.3 Å². The maximum absolute atomic E-state index is 13.1. The highest BCUT2D eigenvalue weighted by molar-refractivity contribution is 7.47. The average molecular weight is 1510 g/mol. The molecule has 0 heterocycles. The number of aliphatic hydroxyl groups is 1. The number of esters is 4. The molecule has 0 saturated carbocycles. The van der Waals surface area contributed by atoms with Gasteiger partial charge in [0.2, 0.25) is 0 Å². The molecule has 612 valence electrons. The van der Waals surface area contributed by atoms with Crippen molar-refractivity contribution >= 4 is 39.5 Å². The first-order valence-corrected chi connectivity index (χ1v) is 46.5. The molecule has 0 aromatic rings. The molecule has 0 radical (unpaired) electrons. The molecule has 0 aromatic carbocycles. The molecule has 17 nitrogen and oxygen atoms in total. The second-order valence-corrected chi connectivity index (χ2v) is 33.8. The van der Waals surface area contributed by atoms with Crippen LogP contribution in [-0.4, -0.2) is 96.7 Å². The number of carbonyl (C=O) groups excluding carboxylic acids is 4. The molecule has 103 heavy (non-hydrogen) atoms. The number of aliphatic hydroxyl groups excluding tert-OH is 1. The molecule has 0 amide bonds. The van der Waals surface area contributed by atoms with E-state index >= 15 is 0 Å². The van der Waals surface area contributed by atoms with Crippen LogP contribution in [0, 0.1) is 11.8 Å². The SMILES string of the molecule is CCCCCCCCCCCCCCCCCCCCC(=O)O[C@H](COC(=O)CCCCCCC)COP(=O)(O)OC[C@H](O)COP(=O)(O)OC[C@@H](COC(=O)CCCCCCCCCCCCCCCCCC(C)C)OC(=O)CCCCCCCCCCCCCCCCCCCCC(C)CC. The van der Waals surface area contributed by atoms with E-state index in [0.717, 1.165) is 108 Å². The van der Waals surface area contributed by atoms with Gasteiger partial charge in [-0.1, -0.05) is 395 Å². The van der Waals surface area contributed by atoms with Crippen LogP contribution in [-0.2, 0) is 65.4 Å². The van der Waals surface area contributed by atoms with Crippen molar-refractivity contribution in [3.63, 3.8) is 0 Å². The summed E-state index contributed by atoms with van der Waals surface area (Å²) < 4.78 is 68.6. The smallest absolute Gasteiger partial charge is 0.462 e. The summed E-state index contributed by atoms with van der Waals surface area (Å²) in [6.07, 6.45) is 67.1. The normalized spacial score (nSPS) is 14.1. The van der Waals surface area contributed by atoms with Crippen molar-refractivity contribution in [1.82, 2.24) is 0 Å². The van der Waals surface area contributed by atoms with Crippen molar-refractivity contribution in [2.45, 2.75) is 464 Å². The predicted molar refractivity (Wildman–Crippen MR) is 423 cm³/mol. The van der Waals surface area contributed by atoms with Crippen LogP contribution in [0.25, 0.3) is 0 Å². The molecule has 0 fully saturated rings. The lowest BCUT2D eigenvalue weighted by Crippen LogP contribution is -2.30. The van der Waals surface area contributed by atoms with Crippen molar-refractivity contribution in [2.75, 3.05) is 39.6 Å². The van der Waals surface area contributed by atoms with Crippen LogP contribution in [0.1, 0.15) is 446 Å². The number of hydrogen-bond acceptors (Lipinski definition) is 15. The van der Waals surface area contributed by atoms with Gasteiger partial charge in [0.15, 0.2) is 12.2 Å². The van der Waals surface area contributed by atoms with Gasteiger partial charge in [-0.05, 0) is 37.5 Å². The standard InChI is InChI=1S/C84H164O17P2/c1-7-10-12-14-15-16-17-18-19-20-24-29-35-40-45-50-56-62-68-83(88)100-79(72-94-81(86)66-60-52-13-11-8-2)74-98-102(90,91)96-70-78(85)71-97-103(92,93)99-75-80(73-95-82(87)67-61-55-49-44-39-34-31-26-27-32-37-42-47-53-58-64-76(4)5)101-84(89)69-63-57-51-46-41-36-30-25-22-21-23-28-33-38-43-48-54-59-65-77(6)9-3/h76-80,85H,7-75H2,1-6H3,(H,90,91)(H,92,93)/t77?,78-,79+,80+/m0/s1. The van der Waals surface area contributed by atoms with Crippen LogP contribution in [0.2, 0.25) is 0 Å². The Morgan fingerprint density at radius 3 is 0.738 bits per heavy atom. The molecule has 0 spiro atoms. The molecule has 6 atom stereocenters. The number of unbranched alkanes of at least 4 members (excludes halogenated alkanes) is 52. The van der Waals surface area contributed by atoms with E-state index < -0.39 is 97.5 Å². The fourth-order valence-electron chi connectivity index (χ4n) is 13.0. The Balaban J connectivity index is 5.10. The zero-order chi connectivity index (χ0) is 75.6. The molecule has 19 heteroatoms. The topological polar surface area (TPSA) is 237 Å². The maximum atomic E-state index is 13.1. The summed E-state index contributed by atoms with van der Waals surface area (Å²) in [4.78, 5) is 72.8. The Kier molecular flexibility index (Phi) is 74.1. The van der Waals surface area contributed by atoms with Gasteiger partial charge in [-0.25, -0.2) is 9.13 Å². The van der Waals surface area contributed by atoms with Crippen molar-refractivity contribution in [2.24, 2.45) is 11.8 Å². The maximum Gasteiger partial charge on any atom is 0.472 e. The van der Waals surface area contributed by atoms with E-state index in [4.69, 9.17) is 37.0 Å². The summed E-state index contributed by atoms with van der Waals surface area (Å²) in [5.74, 6) is -0.439. The van der Waals surface area contributed by atoms with Gasteiger partial charge in [-0.3, -0.25) is 37.3 Å². The minimum Gasteiger partial charge on any atom is -0.462 e. The molecule has 0 saturated heterocycles. The van der Waals surface area contributed by atoms with Crippen molar-refractivity contribution in [3.05, 3.63) is 0 Å². The number of rotatable bonds is 83. The minimum atomic E-state index is -4.96. The third kappa shape index (κ3) is 76.6. The summed E-state index contributed by atoms with van der Waals surface area (Å²) in [5, 5.41) is 10.6. The highest BCUT2D eigenvalue weighted by Crippen LogP contribution is 2.45. The van der Waals surface area contributed by atoms with E-state index in [1.54, 1.807) is 0 Å². The summed E-state index contributed by atoms with van der Waals surface area (Å²) in [6.45, 7) is 9.66. The Bertz CT molecular complexity index is 1980. The average Bonchev–Trinajstić information content (AvgIpc) is 0.919. The number of phosphoric acid groups is 2. The molecule has 0 aliphatic rings. The number of carbonyl (C=O) groups is 4. The quantitative estimate of drug-likeness (QED) is 0.0222. The summed E-state index contributed by atoms with van der Waals surface area (Å²) in [7, 11) is -9.91. The lowest BCUT2D eigenvalue weighted by Gasteiger charge is -2.21. The predicted octanol–water partition coefficient (Wildman–Crippen LogP) is 25.5. The second kappa shape index (κ2) is 75.5. The summed E-state index contributed by atoms with van der Waals surface area (Å²) in [5.41, 5.74) is 0. The fourth-order valence-corrected chi connectivity index (χ4v) is 14.6. The summed E-state index contributed by atoms with van der Waals surface area (Å²) in [6, 6.07) is 0. The molecule has 0 bridgehead atoms. The zero-order valence-corrected chi connectivity index (χ0v) is 69.4. The van der Waals surface area contributed by atoms with Gasteiger partial charge in [0.05, 0.1) is 26.4 Å². The van der Waals surface area contributed by atoms with Crippen LogP contribution in [0.15, 0.2) is 0 Å². The van der Waals surface area contributed by atoms with E-state index in [2.05, 4.69) is 41.5 Å². The van der Waals surface area contributed by atoms with Gasteiger partial charge >= 0.3 is 39.5 Å². The zero-order valence-electron chi connectivity index (χ0n) is 67.6. The Hall–Kier alpha value is -1.94. The first-order chi connectivity index (χ1) is 49.9. The first kappa shape index (κ1) is 101. The van der Waals surface area contributed by atoms with Gasteiger partial charge in [0.25, 0.3) is 0 Å². The largest absolute Gasteiger partial charge is 0.472 e. The number of hydrogen-bond donors (Lipinski definition) is 3. The van der Waals surface area contributed by atoms with Gasteiger partial charge < -0.3 is 33.8 Å². The van der Waals surface area contributed by atoms with Gasteiger partial charge in [-0.2, -0.15) is 0 Å². The van der Waals surface area contributed by atoms with Crippen molar-refractivity contribution < 1.29 is 80.2 Å². The highest BCUT2D eigenvalue weighted by atomic mass is 31.2. The van der Waals surface area contributed by atoms with Crippen LogP contribution in [0.4, 0.5) is 0 Å². The number of phosphoric ester groups is 2. The fraction of sp³-hybridized carbons (Fsp3) is 0.952. The van der Waals surface area contributed by atoms with E-state index in [9.17, 15) is 43.2 Å². The lowest BCUT2D eigenvalue weighted by molar-refractivity contribution is -0.161. The second-order valence-electron chi connectivity index (χ2n) is 30.9.